The van der Waals surface area contributed by atoms with Gasteiger partial charge in [-0.1, -0.05) is 76.0 Å². The fourth-order valence-corrected chi connectivity index (χ4v) is 5.79. The van der Waals surface area contributed by atoms with Gasteiger partial charge in [0.2, 0.25) is 0 Å². The minimum absolute atomic E-state index is 0.0318. The number of hydrogen-bond acceptors (Lipinski definition) is 5. The molecule has 6 heteroatoms. The minimum atomic E-state index is -0.329. The Hall–Kier alpha value is -1.82. The molecule has 0 amide bonds. The second-order valence-electron chi connectivity index (χ2n) is 10.5. The zero-order valence-electron chi connectivity index (χ0n) is 21.6. The Kier molecular flexibility index (Phi) is 9.86. The second kappa shape index (κ2) is 12.4. The van der Waals surface area contributed by atoms with E-state index in [0.29, 0.717) is 24.6 Å². The molecule has 3 rings (SSSR count). The fourth-order valence-electron chi connectivity index (χ4n) is 4.29. The van der Waals surface area contributed by atoms with E-state index in [2.05, 4.69) is 39.9 Å². The number of esters is 1. The zero-order valence-corrected chi connectivity index (χ0v) is 23.2. The Balaban J connectivity index is 1.81. The molecule has 0 bridgehead atoms. The molecular formula is C29H38ClNO3S. The number of thioether (sulfide) groups is 1. The highest BCUT2D eigenvalue weighted by Crippen LogP contribution is 2.43. The first-order valence-electron chi connectivity index (χ1n) is 12.6. The van der Waals surface area contributed by atoms with Gasteiger partial charge in [0.15, 0.2) is 5.78 Å². The first-order valence-corrected chi connectivity index (χ1v) is 13.8. The summed E-state index contributed by atoms with van der Waals surface area (Å²) in [5.74, 6) is -0.328. The largest absolute Gasteiger partial charge is 0.465 e. The summed E-state index contributed by atoms with van der Waals surface area (Å²) in [7, 11) is 0. The lowest BCUT2D eigenvalue weighted by Crippen LogP contribution is -2.27. The summed E-state index contributed by atoms with van der Waals surface area (Å²) < 4.78 is 5.57. The average Bonchev–Trinajstić information content (AvgIpc) is 3.02. The maximum atomic E-state index is 12.9. The molecule has 1 aliphatic rings. The third-order valence-corrected chi connectivity index (χ3v) is 7.99. The van der Waals surface area contributed by atoms with Crippen molar-refractivity contribution in [3.63, 3.8) is 0 Å². The number of carbonyl (C=O) groups is 2. The second-order valence-corrected chi connectivity index (χ2v) is 12.3. The third kappa shape index (κ3) is 7.58. The van der Waals surface area contributed by atoms with Gasteiger partial charge in [-0.2, -0.15) is 0 Å². The molecule has 0 aliphatic carbocycles. The summed E-state index contributed by atoms with van der Waals surface area (Å²) in [4.78, 5) is 26.5. The smallest absolute Gasteiger partial charge is 0.314 e. The highest BCUT2D eigenvalue weighted by atomic mass is 35.5. The van der Waals surface area contributed by atoms with Crippen LogP contribution < -0.4 is 5.32 Å². The Labute approximate surface area is 219 Å². The van der Waals surface area contributed by atoms with Gasteiger partial charge in [-0.25, -0.2) is 0 Å². The maximum absolute atomic E-state index is 12.9. The van der Waals surface area contributed by atoms with Crippen LogP contribution in [0.1, 0.15) is 92.1 Å². The first kappa shape index (κ1) is 27.8. The fraction of sp³-hybridized carbons (Fsp3) is 0.517. The van der Waals surface area contributed by atoms with Crippen LogP contribution in [0.15, 0.2) is 41.3 Å². The van der Waals surface area contributed by atoms with Crippen LogP contribution in [0.3, 0.4) is 0 Å². The van der Waals surface area contributed by atoms with Crippen LogP contribution in [0, 0.1) is 5.41 Å². The van der Waals surface area contributed by atoms with E-state index in [9.17, 15) is 9.59 Å². The molecule has 1 N–H and O–H groups in total. The molecule has 0 radical (unpaired) electrons. The molecule has 2 aromatic carbocycles. The number of halogens is 1. The van der Waals surface area contributed by atoms with Gasteiger partial charge in [0.05, 0.1) is 17.5 Å². The Morgan fingerprint density at radius 2 is 1.89 bits per heavy atom. The van der Waals surface area contributed by atoms with E-state index < -0.39 is 0 Å². The number of ether oxygens (including phenoxy) is 1. The lowest BCUT2D eigenvalue weighted by molar-refractivity contribution is -0.145. The van der Waals surface area contributed by atoms with Crippen LogP contribution in [-0.2, 0) is 16.0 Å². The number of hydrogen-bond donors (Lipinski definition) is 1. The summed E-state index contributed by atoms with van der Waals surface area (Å²) in [6, 6.07) is 11.8. The van der Waals surface area contributed by atoms with Crippen molar-refractivity contribution in [3.8, 4) is 0 Å². The molecule has 0 aromatic heterocycles. The van der Waals surface area contributed by atoms with Crippen molar-refractivity contribution in [3.05, 3.63) is 63.7 Å². The molecule has 0 fully saturated rings. The van der Waals surface area contributed by atoms with Crippen molar-refractivity contribution >= 4 is 35.1 Å². The summed E-state index contributed by atoms with van der Waals surface area (Å²) in [5, 5.41) is 4.24. The minimum Gasteiger partial charge on any atom is -0.465 e. The number of Topliss-reactive ketones (excluding diaryl/α,β-unsaturated/α-hetero) is 1. The molecular weight excluding hydrogens is 478 g/mol. The number of rotatable bonds is 9. The lowest BCUT2D eigenvalue weighted by Gasteiger charge is -2.21. The van der Waals surface area contributed by atoms with Gasteiger partial charge in [0.1, 0.15) is 0 Å². The standard InChI is InChI=1S/C29H38ClNO3S/c1-6-7-16-34-28(33)24-18-31-15-14-23-22(24)12-13-25(30)27(23)35-19(2)20-8-10-21(11-9-20)26(32)17-29(3,4)5/h8-13,19,24,31H,6-7,14-18H2,1-5H3. The van der Waals surface area contributed by atoms with Crippen molar-refractivity contribution in [2.75, 3.05) is 19.7 Å². The van der Waals surface area contributed by atoms with Crippen LogP contribution in [0.2, 0.25) is 5.02 Å². The highest BCUT2D eigenvalue weighted by Gasteiger charge is 2.29. The van der Waals surface area contributed by atoms with Crippen LogP contribution >= 0.6 is 23.4 Å². The molecule has 1 aliphatic heterocycles. The summed E-state index contributed by atoms with van der Waals surface area (Å²) >= 11 is 8.41. The van der Waals surface area contributed by atoms with Crippen molar-refractivity contribution in [1.29, 1.82) is 0 Å². The number of carbonyl (C=O) groups excluding carboxylic acids is 2. The SMILES string of the molecule is CCCCOC(=O)C1CNCCc2c1ccc(Cl)c2SC(C)c1ccc(C(=O)CC(C)(C)C)cc1. The molecule has 0 spiro atoms. The van der Waals surface area contributed by atoms with Gasteiger partial charge in [-0.05, 0) is 54.5 Å². The average molecular weight is 516 g/mol. The lowest BCUT2D eigenvalue weighted by atomic mass is 9.88. The van der Waals surface area contributed by atoms with Gasteiger partial charge in [0, 0.05) is 28.7 Å². The number of benzene rings is 2. The van der Waals surface area contributed by atoms with E-state index >= 15 is 0 Å². The Morgan fingerprint density at radius 1 is 1.17 bits per heavy atom. The van der Waals surface area contributed by atoms with E-state index in [0.717, 1.165) is 53.0 Å². The van der Waals surface area contributed by atoms with Crippen molar-refractivity contribution in [1.82, 2.24) is 5.32 Å². The topological polar surface area (TPSA) is 55.4 Å². The van der Waals surface area contributed by atoms with E-state index in [1.165, 1.54) is 0 Å². The van der Waals surface area contributed by atoms with E-state index in [1.807, 2.05) is 36.4 Å². The predicted molar refractivity (Wildman–Crippen MR) is 146 cm³/mol. The van der Waals surface area contributed by atoms with Gasteiger partial charge >= 0.3 is 5.97 Å². The predicted octanol–water partition coefficient (Wildman–Crippen LogP) is 7.38. The summed E-state index contributed by atoms with van der Waals surface area (Å²) in [6.45, 7) is 12.3. The molecule has 2 unspecified atom stereocenters. The van der Waals surface area contributed by atoms with Gasteiger partial charge in [-0.3, -0.25) is 9.59 Å². The zero-order chi connectivity index (χ0) is 25.6. The molecule has 190 valence electrons. The summed E-state index contributed by atoms with van der Waals surface area (Å²) in [6.07, 6.45) is 3.20. The monoisotopic (exact) mass is 515 g/mol. The maximum Gasteiger partial charge on any atom is 0.314 e. The van der Waals surface area contributed by atoms with Crippen molar-refractivity contribution in [2.24, 2.45) is 5.41 Å². The normalized spacial score (nSPS) is 16.8. The molecule has 0 saturated heterocycles. The molecule has 2 aromatic rings. The number of unbranched alkanes of at least 4 members (excludes halogenated alkanes) is 1. The highest BCUT2D eigenvalue weighted by molar-refractivity contribution is 7.99. The van der Waals surface area contributed by atoms with E-state index in [4.69, 9.17) is 16.3 Å². The quantitative estimate of drug-likeness (QED) is 0.163. The molecule has 35 heavy (non-hydrogen) atoms. The van der Waals surface area contributed by atoms with Crippen LogP contribution in [-0.4, -0.2) is 31.4 Å². The van der Waals surface area contributed by atoms with Crippen molar-refractivity contribution < 1.29 is 14.3 Å². The molecule has 0 saturated carbocycles. The van der Waals surface area contributed by atoms with Gasteiger partial charge in [0.25, 0.3) is 0 Å². The number of nitrogens with one attached hydrogen (secondary N) is 1. The van der Waals surface area contributed by atoms with Crippen LogP contribution in [0.5, 0.6) is 0 Å². The van der Waals surface area contributed by atoms with Crippen LogP contribution in [0.4, 0.5) is 0 Å². The number of fused-ring (bicyclic) bond motifs is 1. The first-order chi connectivity index (χ1) is 16.6. The third-order valence-electron chi connectivity index (χ3n) is 6.24. The molecule has 4 nitrogen and oxygen atoms in total. The summed E-state index contributed by atoms with van der Waals surface area (Å²) in [5.41, 5.74) is 4.00. The molecule has 2 atom stereocenters. The Morgan fingerprint density at radius 3 is 2.54 bits per heavy atom. The van der Waals surface area contributed by atoms with Crippen molar-refractivity contribution in [2.45, 2.75) is 76.4 Å². The van der Waals surface area contributed by atoms with E-state index in [-0.39, 0.29) is 28.3 Å². The van der Waals surface area contributed by atoms with Gasteiger partial charge < -0.3 is 10.1 Å². The molecule has 1 heterocycles. The Bertz CT molecular complexity index is 1030. The van der Waals surface area contributed by atoms with Gasteiger partial charge in [-0.15, -0.1) is 11.8 Å². The number of ketones is 1. The van der Waals surface area contributed by atoms with E-state index in [1.54, 1.807) is 11.8 Å². The van der Waals surface area contributed by atoms with Crippen LogP contribution in [0.25, 0.3) is 0 Å².